The summed E-state index contributed by atoms with van der Waals surface area (Å²) in [6.07, 6.45) is 9.87. The fourth-order valence-corrected chi connectivity index (χ4v) is 5.46. The first-order valence-electron chi connectivity index (χ1n) is 10.5. The maximum Gasteiger partial charge on any atom is 0.280 e. The molecule has 1 saturated carbocycles. The monoisotopic (exact) mass is 399 g/mol. The Morgan fingerprint density at radius 3 is 2.50 bits per heavy atom. The molecule has 4 rings (SSSR count). The summed E-state index contributed by atoms with van der Waals surface area (Å²) >= 11 is 1.75. The van der Waals surface area contributed by atoms with Crippen molar-refractivity contribution in [1.29, 1.82) is 0 Å². The number of imidazole rings is 1. The quantitative estimate of drug-likeness (QED) is 0.581. The van der Waals surface area contributed by atoms with Crippen LogP contribution in [0.25, 0.3) is 11.2 Å². The predicted octanol–water partition coefficient (Wildman–Crippen LogP) is 3.57. The molecule has 2 fully saturated rings. The second-order valence-electron chi connectivity index (χ2n) is 7.78. The highest BCUT2D eigenvalue weighted by Crippen LogP contribution is 2.33. The number of rotatable bonds is 4. The molecule has 2 aliphatic rings. The van der Waals surface area contributed by atoms with Gasteiger partial charge in [0, 0.05) is 25.4 Å². The Bertz CT molecular complexity index is 955. The highest BCUT2D eigenvalue weighted by atomic mass is 32.2. The summed E-state index contributed by atoms with van der Waals surface area (Å²) in [5, 5.41) is 1.35. The molecule has 2 aromatic rings. The van der Waals surface area contributed by atoms with Crippen LogP contribution in [0.15, 0.2) is 9.95 Å². The Morgan fingerprint density at radius 1 is 1.07 bits per heavy atom. The van der Waals surface area contributed by atoms with E-state index in [0.717, 1.165) is 37.0 Å². The van der Waals surface area contributed by atoms with Gasteiger partial charge < -0.3 is 4.90 Å². The lowest BCUT2D eigenvalue weighted by Gasteiger charge is -2.27. The van der Waals surface area contributed by atoms with Crippen molar-refractivity contribution < 1.29 is 0 Å². The highest BCUT2D eigenvalue weighted by Gasteiger charge is 2.24. The zero-order valence-corrected chi connectivity index (χ0v) is 17.7. The van der Waals surface area contributed by atoms with Crippen LogP contribution in [0.2, 0.25) is 0 Å². The summed E-state index contributed by atoms with van der Waals surface area (Å²) in [4.78, 5) is 25.2. The molecule has 2 aromatic heterocycles. The Morgan fingerprint density at radius 2 is 1.79 bits per heavy atom. The van der Waals surface area contributed by atoms with Gasteiger partial charge in [-0.15, -0.1) is 5.92 Å². The second-order valence-corrected chi connectivity index (χ2v) is 9.05. The molecule has 0 N–H and O–H groups in total. The van der Waals surface area contributed by atoms with Crippen molar-refractivity contribution in [3.8, 4) is 11.8 Å². The molecule has 1 aliphatic carbocycles. The number of hydrogen-bond acceptors (Lipinski definition) is 5. The van der Waals surface area contributed by atoms with Crippen LogP contribution in [-0.4, -0.2) is 37.4 Å². The first kappa shape index (κ1) is 19.4. The first-order valence-corrected chi connectivity index (χ1v) is 11.4. The van der Waals surface area contributed by atoms with E-state index in [1.54, 1.807) is 16.3 Å². The maximum absolute atomic E-state index is 13.3. The van der Waals surface area contributed by atoms with Crippen LogP contribution < -0.4 is 10.5 Å². The molecule has 7 heteroatoms. The van der Waals surface area contributed by atoms with E-state index in [2.05, 4.69) is 16.7 Å². The summed E-state index contributed by atoms with van der Waals surface area (Å²) in [7, 11) is 1.84. The van der Waals surface area contributed by atoms with Crippen LogP contribution in [0.1, 0.15) is 58.3 Å². The first-order chi connectivity index (χ1) is 13.7. The van der Waals surface area contributed by atoms with Crippen molar-refractivity contribution in [2.45, 2.75) is 75.2 Å². The number of aromatic nitrogens is 4. The van der Waals surface area contributed by atoms with Gasteiger partial charge >= 0.3 is 0 Å². The number of anilines is 1. The fourth-order valence-electron chi connectivity index (χ4n) is 4.21. The predicted molar refractivity (Wildman–Crippen MR) is 115 cm³/mol. The van der Waals surface area contributed by atoms with Crippen molar-refractivity contribution >= 4 is 28.9 Å². The van der Waals surface area contributed by atoms with Crippen LogP contribution in [0, 0.1) is 11.8 Å². The molecule has 1 aliphatic heterocycles. The molecular weight excluding hydrogens is 370 g/mol. The Labute approximate surface area is 170 Å². The van der Waals surface area contributed by atoms with Crippen molar-refractivity contribution in [1.82, 2.24) is 19.1 Å². The van der Waals surface area contributed by atoms with Gasteiger partial charge in [-0.2, -0.15) is 4.98 Å². The minimum Gasteiger partial charge on any atom is -0.342 e. The number of hydrogen-bond donors (Lipinski definition) is 0. The molecule has 1 saturated heterocycles. The normalized spacial score (nSPS) is 18.3. The lowest BCUT2D eigenvalue weighted by molar-refractivity contribution is 0.514. The second kappa shape index (κ2) is 8.60. The summed E-state index contributed by atoms with van der Waals surface area (Å²) < 4.78 is 3.68. The van der Waals surface area contributed by atoms with E-state index in [9.17, 15) is 4.79 Å². The SMILES string of the molecule is CC#CCn1c(N2CCCCC2)nc2nc(SC3CCCCC3)n(C)c(=O)c21. The van der Waals surface area contributed by atoms with Gasteiger partial charge in [0.15, 0.2) is 16.3 Å². The van der Waals surface area contributed by atoms with Gasteiger partial charge in [0.05, 0.1) is 6.54 Å². The molecule has 0 spiro atoms. The van der Waals surface area contributed by atoms with Crippen LogP contribution >= 0.6 is 11.8 Å². The Hall–Kier alpha value is -1.94. The third kappa shape index (κ3) is 3.80. The van der Waals surface area contributed by atoms with Gasteiger partial charge in [0.2, 0.25) is 5.95 Å². The number of thioether (sulfide) groups is 1. The largest absolute Gasteiger partial charge is 0.342 e. The molecule has 0 bridgehead atoms. The average molecular weight is 400 g/mol. The highest BCUT2D eigenvalue weighted by molar-refractivity contribution is 7.99. The van der Waals surface area contributed by atoms with E-state index >= 15 is 0 Å². The van der Waals surface area contributed by atoms with Gasteiger partial charge in [-0.05, 0) is 39.0 Å². The summed E-state index contributed by atoms with van der Waals surface area (Å²) in [6.45, 7) is 4.26. The van der Waals surface area contributed by atoms with Crippen molar-refractivity contribution in [2.75, 3.05) is 18.0 Å². The minimum absolute atomic E-state index is 0.0167. The standard InChI is InChI=1S/C21H29N5OS/c1-3-4-15-26-17-18(22-20(26)25-13-9-6-10-14-25)23-21(24(2)19(17)27)28-16-11-7-5-8-12-16/h16H,5-15H2,1-2H3. The molecule has 0 unspecified atom stereocenters. The van der Waals surface area contributed by atoms with Crippen molar-refractivity contribution in [3.63, 3.8) is 0 Å². The molecule has 0 radical (unpaired) electrons. The lowest BCUT2D eigenvalue weighted by atomic mass is 10.0. The van der Waals surface area contributed by atoms with E-state index in [1.807, 2.05) is 18.5 Å². The van der Waals surface area contributed by atoms with Crippen molar-refractivity contribution in [3.05, 3.63) is 10.4 Å². The average Bonchev–Trinajstić information content (AvgIpc) is 3.10. The van der Waals surface area contributed by atoms with Crippen LogP contribution in [-0.2, 0) is 13.6 Å². The fraction of sp³-hybridized carbons (Fsp3) is 0.667. The Balaban J connectivity index is 1.77. The minimum atomic E-state index is -0.0167. The van der Waals surface area contributed by atoms with E-state index in [-0.39, 0.29) is 5.56 Å². The summed E-state index contributed by atoms with van der Waals surface area (Å²) in [5.74, 6) is 6.91. The summed E-state index contributed by atoms with van der Waals surface area (Å²) in [5.41, 5.74) is 1.13. The third-order valence-corrected chi connectivity index (χ3v) is 7.18. The van der Waals surface area contributed by atoms with E-state index in [0.29, 0.717) is 23.0 Å². The number of nitrogens with zero attached hydrogens (tertiary/aromatic N) is 5. The Kier molecular flexibility index (Phi) is 5.96. The molecule has 0 aromatic carbocycles. The molecule has 3 heterocycles. The molecule has 150 valence electrons. The van der Waals surface area contributed by atoms with Gasteiger partial charge in [-0.1, -0.05) is 36.9 Å². The van der Waals surface area contributed by atoms with Gasteiger partial charge in [-0.3, -0.25) is 13.9 Å². The zero-order valence-electron chi connectivity index (χ0n) is 16.9. The number of fused-ring (bicyclic) bond motifs is 1. The van der Waals surface area contributed by atoms with Crippen molar-refractivity contribution in [2.24, 2.45) is 7.05 Å². The topological polar surface area (TPSA) is 56.0 Å². The molecule has 28 heavy (non-hydrogen) atoms. The molecule has 0 atom stereocenters. The lowest BCUT2D eigenvalue weighted by Crippen LogP contribution is -2.32. The smallest absolute Gasteiger partial charge is 0.280 e. The van der Waals surface area contributed by atoms with E-state index < -0.39 is 0 Å². The van der Waals surface area contributed by atoms with Crippen LogP contribution in [0.5, 0.6) is 0 Å². The molecular formula is C21H29N5OS. The maximum atomic E-state index is 13.3. The molecule has 6 nitrogen and oxygen atoms in total. The molecule has 0 amide bonds. The zero-order chi connectivity index (χ0) is 19.5. The summed E-state index contributed by atoms with van der Waals surface area (Å²) in [6, 6.07) is 0. The van der Waals surface area contributed by atoms with E-state index in [4.69, 9.17) is 9.97 Å². The van der Waals surface area contributed by atoms with Gasteiger partial charge in [0.25, 0.3) is 5.56 Å². The third-order valence-electron chi connectivity index (χ3n) is 5.80. The van der Waals surface area contributed by atoms with Crippen LogP contribution in [0.3, 0.4) is 0 Å². The van der Waals surface area contributed by atoms with Gasteiger partial charge in [-0.25, -0.2) is 4.98 Å². The van der Waals surface area contributed by atoms with Gasteiger partial charge in [0.1, 0.15) is 0 Å². The number of piperidine rings is 1. The van der Waals surface area contributed by atoms with Crippen LogP contribution in [0.4, 0.5) is 5.95 Å². The van der Waals surface area contributed by atoms with E-state index in [1.165, 1.54) is 38.5 Å².